The zero-order valence-electron chi connectivity index (χ0n) is 18.1. The van der Waals surface area contributed by atoms with E-state index < -0.39 is 24.1 Å². The summed E-state index contributed by atoms with van der Waals surface area (Å²) >= 11 is 0. The van der Waals surface area contributed by atoms with Gasteiger partial charge in [-0.3, -0.25) is 4.79 Å². The van der Waals surface area contributed by atoms with Gasteiger partial charge in [0, 0.05) is 12.0 Å². The summed E-state index contributed by atoms with van der Waals surface area (Å²) in [4.78, 5) is 22.8. The number of H-pyrrole nitrogens is 1. The van der Waals surface area contributed by atoms with E-state index in [1.165, 1.54) is 18.9 Å². The molecule has 1 saturated carbocycles. The Morgan fingerprint density at radius 1 is 1.10 bits per heavy atom. The number of hydrogen-bond donors (Lipinski definition) is 1. The summed E-state index contributed by atoms with van der Waals surface area (Å²) in [6, 6.07) is 3.78. The highest BCUT2D eigenvalue weighted by atomic mass is 19.1. The Kier molecular flexibility index (Phi) is 4.62. The smallest absolute Gasteiger partial charge is 0.399 e. The first kappa shape index (κ1) is 20.2. The molecule has 1 aromatic carbocycles. The van der Waals surface area contributed by atoms with Crippen LogP contribution in [0.25, 0.3) is 10.9 Å². The van der Waals surface area contributed by atoms with Gasteiger partial charge in [-0.2, -0.15) is 0 Å². The number of fused-ring (bicyclic) bond motifs is 1. The number of halogens is 1. The van der Waals surface area contributed by atoms with Gasteiger partial charge in [-0.1, -0.05) is 0 Å². The number of benzene rings is 1. The van der Waals surface area contributed by atoms with Crippen molar-refractivity contribution in [2.45, 2.75) is 76.5 Å². The highest BCUT2D eigenvalue weighted by Gasteiger charge is 2.52. The third-order valence-electron chi connectivity index (χ3n) is 7.31. The predicted octanol–water partition coefficient (Wildman–Crippen LogP) is 2.70. The quantitative estimate of drug-likeness (QED) is 0.784. The second-order valence-corrected chi connectivity index (χ2v) is 9.98. The van der Waals surface area contributed by atoms with Crippen molar-refractivity contribution in [1.29, 1.82) is 0 Å². The lowest BCUT2D eigenvalue weighted by molar-refractivity contribution is 0.00578. The minimum absolute atomic E-state index is 0.124. The fourth-order valence-corrected chi connectivity index (χ4v) is 4.53. The SMILES string of the molecule is CC1(C)OB(c2cc(F)c3nc(C4CCN(C5CC5)CC4)[nH]c(=O)c3c2)OC1(C)C. The molecule has 0 unspecified atom stereocenters. The highest BCUT2D eigenvalue weighted by Crippen LogP contribution is 2.37. The molecule has 0 radical (unpaired) electrons. The van der Waals surface area contributed by atoms with E-state index in [0.717, 1.165) is 32.0 Å². The lowest BCUT2D eigenvalue weighted by Gasteiger charge is -2.32. The molecule has 3 fully saturated rings. The van der Waals surface area contributed by atoms with E-state index in [-0.39, 0.29) is 22.4 Å². The van der Waals surface area contributed by atoms with Gasteiger partial charge in [-0.25, -0.2) is 9.37 Å². The van der Waals surface area contributed by atoms with Crippen LogP contribution < -0.4 is 11.0 Å². The van der Waals surface area contributed by atoms with Crippen LogP contribution in [0.4, 0.5) is 4.39 Å². The molecular formula is C22H29BFN3O3. The predicted molar refractivity (Wildman–Crippen MR) is 115 cm³/mol. The van der Waals surface area contributed by atoms with E-state index in [1.54, 1.807) is 6.07 Å². The first-order valence-electron chi connectivity index (χ1n) is 11.0. The Labute approximate surface area is 176 Å². The number of nitrogens with zero attached hydrogens (tertiary/aromatic N) is 2. The molecule has 160 valence electrons. The van der Waals surface area contributed by atoms with Crippen LogP contribution in [0, 0.1) is 5.82 Å². The molecule has 1 aromatic heterocycles. The number of aromatic nitrogens is 2. The Morgan fingerprint density at radius 2 is 1.73 bits per heavy atom. The fourth-order valence-electron chi connectivity index (χ4n) is 4.53. The third-order valence-corrected chi connectivity index (χ3v) is 7.31. The average Bonchev–Trinajstić information content (AvgIpc) is 3.49. The summed E-state index contributed by atoms with van der Waals surface area (Å²) in [5.41, 5.74) is -0.758. The fraction of sp³-hybridized carbons (Fsp3) is 0.636. The largest absolute Gasteiger partial charge is 0.494 e. The second-order valence-electron chi connectivity index (χ2n) is 9.98. The number of hydrogen-bond acceptors (Lipinski definition) is 5. The van der Waals surface area contributed by atoms with Crippen LogP contribution in [-0.4, -0.2) is 52.3 Å². The molecule has 2 aromatic rings. The molecular weight excluding hydrogens is 384 g/mol. The van der Waals surface area contributed by atoms with Crippen molar-refractivity contribution in [2.75, 3.05) is 13.1 Å². The minimum Gasteiger partial charge on any atom is -0.399 e. The maximum atomic E-state index is 15.1. The van der Waals surface area contributed by atoms with Crippen molar-refractivity contribution >= 4 is 23.5 Å². The van der Waals surface area contributed by atoms with Crippen LogP contribution >= 0.6 is 0 Å². The topological polar surface area (TPSA) is 67.5 Å². The maximum Gasteiger partial charge on any atom is 0.494 e. The zero-order chi connectivity index (χ0) is 21.3. The Balaban J connectivity index is 1.44. The Bertz CT molecular complexity index is 1030. The molecule has 3 heterocycles. The first-order chi connectivity index (χ1) is 14.1. The molecule has 2 aliphatic heterocycles. The van der Waals surface area contributed by atoms with E-state index in [1.807, 2.05) is 27.7 Å². The monoisotopic (exact) mass is 413 g/mol. The maximum absolute atomic E-state index is 15.1. The van der Waals surface area contributed by atoms with Crippen molar-refractivity contribution in [3.05, 3.63) is 34.1 Å². The van der Waals surface area contributed by atoms with Crippen LogP contribution in [-0.2, 0) is 9.31 Å². The van der Waals surface area contributed by atoms with Gasteiger partial charge in [0.15, 0.2) is 0 Å². The summed E-state index contributed by atoms with van der Waals surface area (Å²) in [5.74, 6) is 0.254. The minimum atomic E-state index is -0.722. The number of piperidine rings is 1. The molecule has 0 amide bonds. The van der Waals surface area contributed by atoms with Crippen molar-refractivity contribution < 1.29 is 13.7 Å². The zero-order valence-corrected chi connectivity index (χ0v) is 18.1. The number of nitrogens with one attached hydrogen (secondary N) is 1. The van der Waals surface area contributed by atoms with E-state index in [2.05, 4.69) is 14.9 Å². The molecule has 30 heavy (non-hydrogen) atoms. The summed E-state index contributed by atoms with van der Waals surface area (Å²) in [6.07, 6.45) is 4.48. The Morgan fingerprint density at radius 3 is 2.33 bits per heavy atom. The molecule has 0 bridgehead atoms. The summed E-state index contributed by atoms with van der Waals surface area (Å²) in [5, 5.41) is 0.235. The van der Waals surface area contributed by atoms with Crippen LogP contribution in [0.2, 0.25) is 0 Å². The molecule has 5 rings (SSSR count). The van der Waals surface area contributed by atoms with Gasteiger partial charge in [-0.05, 0) is 84.1 Å². The Hall–Kier alpha value is -1.77. The number of likely N-dealkylation sites (tertiary alicyclic amines) is 1. The van der Waals surface area contributed by atoms with Gasteiger partial charge >= 0.3 is 7.12 Å². The third kappa shape index (κ3) is 3.39. The second kappa shape index (κ2) is 6.87. The number of rotatable bonds is 3. The number of aromatic amines is 1. The van der Waals surface area contributed by atoms with E-state index in [4.69, 9.17) is 9.31 Å². The normalized spacial score (nSPS) is 24.6. The highest BCUT2D eigenvalue weighted by molar-refractivity contribution is 6.62. The summed E-state index contributed by atoms with van der Waals surface area (Å²) in [7, 11) is -0.722. The molecule has 0 atom stereocenters. The van der Waals surface area contributed by atoms with Crippen LogP contribution in [0.3, 0.4) is 0 Å². The lowest BCUT2D eigenvalue weighted by atomic mass is 9.78. The van der Waals surface area contributed by atoms with Crippen LogP contribution in [0.5, 0.6) is 0 Å². The van der Waals surface area contributed by atoms with Gasteiger partial charge in [-0.15, -0.1) is 0 Å². The van der Waals surface area contributed by atoms with Gasteiger partial charge < -0.3 is 19.2 Å². The molecule has 0 spiro atoms. The lowest BCUT2D eigenvalue weighted by Crippen LogP contribution is -2.41. The summed E-state index contributed by atoms with van der Waals surface area (Å²) in [6.45, 7) is 9.80. The van der Waals surface area contributed by atoms with Gasteiger partial charge in [0.2, 0.25) is 0 Å². The molecule has 3 aliphatic rings. The van der Waals surface area contributed by atoms with Crippen LogP contribution in [0.15, 0.2) is 16.9 Å². The van der Waals surface area contributed by atoms with E-state index in [0.29, 0.717) is 11.3 Å². The standard InChI is InChI=1S/C22H29BFN3O3/c1-21(2)22(3,4)30-23(29-21)14-11-16-18(17(24)12-14)25-19(26-20(16)28)13-7-9-27(10-8-13)15-5-6-15/h11-13,15H,5-10H2,1-4H3,(H,25,26,28). The van der Waals surface area contributed by atoms with E-state index >= 15 is 4.39 Å². The van der Waals surface area contributed by atoms with Crippen LogP contribution in [0.1, 0.15) is 65.1 Å². The van der Waals surface area contributed by atoms with Gasteiger partial charge in [0.05, 0.1) is 16.6 Å². The van der Waals surface area contributed by atoms with Gasteiger partial charge in [0.25, 0.3) is 5.56 Å². The van der Waals surface area contributed by atoms with Gasteiger partial charge in [0.1, 0.15) is 17.2 Å². The van der Waals surface area contributed by atoms with E-state index in [9.17, 15) is 4.79 Å². The molecule has 6 nitrogen and oxygen atoms in total. The van der Waals surface area contributed by atoms with Crippen molar-refractivity contribution in [3.63, 3.8) is 0 Å². The molecule has 2 saturated heterocycles. The van der Waals surface area contributed by atoms with Crippen molar-refractivity contribution in [1.82, 2.24) is 14.9 Å². The molecule has 1 aliphatic carbocycles. The average molecular weight is 413 g/mol. The molecule has 1 N–H and O–H groups in total. The van der Waals surface area contributed by atoms with Crippen molar-refractivity contribution in [3.8, 4) is 0 Å². The van der Waals surface area contributed by atoms with Crippen molar-refractivity contribution in [2.24, 2.45) is 0 Å². The molecule has 8 heteroatoms. The summed E-state index contributed by atoms with van der Waals surface area (Å²) < 4.78 is 27.1. The first-order valence-corrected chi connectivity index (χ1v) is 11.0.